The Morgan fingerprint density at radius 1 is 1.59 bits per heavy atom. The van der Waals surface area contributed by atoms with Crippen molar-refractivity contribution in [1.82, 2.24) is 20.0 Å². The van der Waals surface area contributed by atoms with E-state index in [2.05, 4.69) is 38.2 Å². The van der Waals surface area contributed by atoms with Crippen LogP contribution in [-0.2, 0) is 13.6 Å². The molecule has 1 N–H and O–H groups in total. The lowest BCUT2D eigenvalue weighted by Crippen LogP contribution is -2.36. The highest BCUT2D eigenvalue weighted by atomic mass is 79.9. The molecule has 1 aromatic heterocycles. The maximum absolute atomic E-state index is 4.45. The third-order valence-electron chi connectivity index (χ3n) is 3.57. The van der Waals surface area contributed by atoms with Crippen molar-refractivity contribution in [2.45, 2.75) is 32.9 Å². The molecule has 17 heavy (non-hydrogen) atoms. The zero-order valence-electron chi connectivity index (χ0n) is 10.8. The molecule has 0 amide bonds. The van der Waals surface area contributed by atoms with E-state index in [1.807, 2.05) is 18.7 Å². The fourth-order valence-corrected chi connectivity index (χ4v) is 2.96. The van der Waals surface area contributed by atoms with Crippen LogP contribution in [0.1, 0.15) is 24.7 Å². The molecule has 0 bridgehead atoms. The van der Waals surface area contributed by atoms with Gasteiger partial charge >= 0.3 is 0 Å². The second-order valence-electron chi connectivity index (χ2n) is 4.68. The number of rotatable bonds is 4. The molecule has 1 unspecified atom stereocenters. The van der Waals surface area contributed by atoms with Crippen LogP contribution in [-0.4, -0.2) is 40.4 Å². The van der Waals surface area contributed by atoms with Gasteiger partial charge in [-0.05, 0) is 42.4 Å². The third kappa shape index (κ3) is 2.72. The lowest BCUT2D eigenvalue weighted by atomic mass is 10.2. The maximum atomic E-state index is 4.45. The summed E-state index contributed by atoms with van der Waals surface area (Å²) >= 11 is 3.64. The standard InChI is InChI=1S/C12H21BrN4/c1-4-17(10-5-6-14-7-10)8-11-12(13)9(2)15-16(11)3/h10,14H,4-8H2,1-3H3. The van der Waals surface area contributed by atoms with Crippen molar-refractivity contribution in [3.63, 3.8) is 0 Å². The summed E-state index contributed by atoms with van der Waals surface area (Å²) in [6, 6.07) is 0.669. The van der Waals surface area contributed by atoms with Gasteiger partial charge < -0.3 is 5.32 Å². The molecule has 0 spiro atoms. The van der Waals surface area contributed by atoms with Gasteiger partial charge in [0.2, 0.25) is 0 Å². The quantitative estimate of drug-likeness (QED) is 0.918. The molecular weight excluding hydrogens is 280 g/mol. The van der Waals surface area contributed by atoms with Crippen molar-refractivity contribution < 1.29 is 0 Å². The summed E-state index contributed by atoms with van der Waals surface area (Å²) in [5, 5.41) is 7.88. The number of aromatic nitrogens is 2. The summed E-state index contributed by atoms with van der Waals surface area (Å²) in [6.45, 7) is 8.59. The molecule has 0 saturated carbocycles. The Labute approximate surface area is 111 Å². The van der Waals surface area contributed by atoms with Gasteiger partial charge in [-0.15, -0.1) is 0 Å². The zero-order chi connectivity index (χ0) is 12.4. The maximum Gasteiger partial charge on any atom is 0.0739 e. The fraction of sp³-hybridized carbons (Fsp3) is 0.750. The molecule has 2 rings (SSSR count). The first-order chi connectivity index (χ1) is 8.13. The van der Waals surface area contributed by atoms with Crippen molar-refractivity contribution >= 4 is 15.9 Å². The first-order valence-corrected chi connectivity index (χ1v) is 7.05. The molecule has 1 aromatic rings. The molecular formula is C12H21BrN4. The molecule has 1 atom stereocenters. The number of halogens is 1. The summed E-state index contributed by atoms with van der Waals surface area (Å²) in [4.78, 5) is 2.53. The van der Waals surface area contributed by atoms with Gasteiger partial charge in [0.1, 0.15) is 0 Å². The smallest absolute Gasteiger partial charge is 0.0739 e. The SMILES string of the molecule is CCN(Cc1c(Br)c(C)nn1C)C1CCNC1. The van der Waals surface area contributed by atoms with E-state index in [9.17, 15) is 0 Å². The van der Waals surface area contributed by atoms with E-state index >= 15 is 0 Å². The number of nitrogens with one attached hydrogen (secondary N) is 1. The number of hydrogen-bond acceptors (Lipinski definition) is 3. The first-order valence-electron chi connectivity index (χ1n) is 6.26. The van der Waals surface area contributed by atoms with E-state index in [0.717, 1.165) is 36.3 Å². The highest BCUT2D eigenvalue weighted by Gasteiger charge is 2.23. The average molecular weight is 301 g/mol. The van der Waals surface area contributed by atoms with Gasteiger partial charge in [-0.3, -0.25) is 9.58 Å². The van der Waals surface area contributed by atoms with Gasteiger partial charge in [-0.25, -0.2) is 0 Å². The van der Waals surface area contributed by atoms with Crippen LogP contribution in [0.25, 0.3) is 0 Å². The Bertz CT molecular complexity index is 382. The lowest BCUT2D eigenvalue weighted by Gasteiger charge is -2.26. The van der Waals surface area contributed by atoms with Crippen LogP contribution in [0.5, 0.6) is 0 Å². The molecule has 0 aromatic carbocycles. The summed E-state index contributed by atoms with van der Waals surface area (Å²) in [7, 11) is 2.02. The molecule has 0 aliphatic carbocycles. The van der Waals surface area contributed by atoms with Gasteiger partial charge in [0, 0.05) is 26.2 Å². The molecule has 2 heterocycles. The van der Waals surface area contributed by atoms with E-state index in [4.69, 9.17) is 0 Å². The van der Waals surface area contributed by atoms with Gasteiger partial charge in [-0.1, -0.05) is 6.92 Å². The fourth-order valence-electron chi connectivity index (χ4n) is 2.49. The second kappa shape index (κ2) is 5.50. The van der Waals surface area contributed by atoms with E-state index in [0.29, 0.717) is 6.04 Å². The largest absolute Gasteiger partial charge is 0.315 e. The molecule has 1 aliphatic rings. The van der Waals surface area contributed by atoms with Gasteiger partial charge in [0.25, 0.3) is 0 Å². The number of aryl methyl sites for hydroxylation is 2. The van der Waals surface area contributed by atoms with Crippen molar-refractivity contribution in [2.75, 3.05) is 19.6 Å². The highest BCUT2D eigenvalue weighted by Crippen LogP contribution is 2.23. The first kappa shape index (κ1) is 13.1. The van der Waals surface area contributed by atoms with E-state index < -0.39 is 0 Å². The van der Waals surface area contributed by atoms with Crippen LogP contribution in [0, 0.1) is 6.92 Å². The van der Waals surface area contributed by atoms with Gasteiger partial charge in [-0.2, -0.15) is 5.10 Å². The molecule has 96 valence electrons. The van der Waals surface area contributed by atoms with E-state index in [-0.39, 0.29) is 0 Å². The predicted octanol–water partition coefficient (Wildman–Crippen LogP) is 1.67. The summed E-state index contributed by atoms with van der Waals surface area (Å²) in [6.07, 6.45) is 1.25. The van der Waals surface area contributed by atoms with E-state index in [1.54, 1.807) is 0 Å². The Hall–Kier alpha value is -0.390. The highest BCUT2D eigenvalue weighted by molar-refractivity contribution is 9.10. The molecule has 1 fully saturated rings. The monoisotopic (exact) mass is 300 g/mol. The van der Waals surface area contributed by atoms with Crippen LogP contribution in [0.4, 0.5) is 0 Å². The Balaban J connectivity index is 2.12. The molecule has 0 radical (unpaired) electrons. The Morgan fingerprint density at radius 2 is 2.35 bits per heavy atom. The van der Waals surface area contributed by atoms with Crippen molar-refractivity contribution in [1.29, 1.82) is 0 Å². The van der Waals surface area contributed by atoms with Gasteiger partial charge in [0.05, 0.1) is 15.9 Å². The van der Waals surface area contributed by atoms with Crippen molar-refractivity contribution in [3.8, 4) is 0 Å². The minimum Gasteiger partial charge on any atom is -0.315 e. The average Bonchev–Trinajstić information content (AvgIpc) is 2.89. The number of likely N-dealkylation sites (N-methyl/N-ethyl adjacent to an activating group) is 1. The molecule has 5 heteroatoms. The van der Waals surface area contributed by atoms with E-state index in [1.165, 1.54) is 12.1 Å². The Kier molecular flexibility index (Phi) is 4.22. The van der Waals surface area contributed by atoms with Gasteiger partial charge in [0.15, 0.2) is 0 Å². The summed E-state index contributed by atoms with van der Waals surface area (Å²) in [5.41, 5.74) is 2.35. The Morgan fingerprint density at radius 3 is 2.82 bits per heavy atom. The summed E-state index contributed by atoms with van der Waals surface area (Å²) in [5.74, 6) is 0. The second-order valence-corrected chi connectivity index (χ2v) is 5.47. The summed E-state index contributed by atoms with van der Waals surface area (Å²) < 4.78 is 3.15. The number of nitrogens with zero attached hydrogens (tertiary/aromatic N) is 3. The zero-order valence-corrected chi connectivity index (χ0v) is 12.4. The van der Waals surface area contributed by atoms with Crippen molar-refractivity contribution in [2.24, 2.45) is 7.05 Å². The minimum atomic E-state index is 0.669. The van der Waals surface area contributed by atoms with Crippen LogP contribution in [0.15, 0.2) is 4.47 Å². The third-order valence-corrected chi connectivity index (χ3v) is 4.60. The molecule has 1 aliphatic heterocycles. The van der Waals surface area contributed by atoms with Crippen LogP contribution >= 0.6 is 15.9 Å². The van der Waals surface area contributed by atoms with Crippen LogP contribution in [0.2, 0.25) is 0 Å². The predicted molar refractivity (Wildman–Crippen MR) is 73.0 cm³/mol. The normalized spacial score (nSPS) is 20.4. The van der Waals surface area contributed by atoms with Crippen LogP contribution in [0.3, 0.4) is 0 Å². The lowest BCUT2D eigenvalue weighted by molar-refractivity contribution is 0.205. The topological polar surface area (TPSA) is 33.1 Å². The van der Waals surface area contributed by atoms with Crippen molar-refractivity contribution in [3.05, 3.63) is 15.9 Å². The molecule has 1 saturated heterocycles. The number of hydrogen-bond donors (Lipinski definition) is 1. The molecule has 4 nitrogen and oxygen atoms in total. The minimum absolute atomic E-state index is 0.669. The van der Waals surface area contributed by atoms with Crippen LogP contribution < -0.4 is 5.32 Å².